The molecule has 0 atom stereocenters. The summed E-state index contributed by atoms with van der Waals surface area (Å²) >= 11 is 7.47. The molecule has 86 valence electrons. The number of thiophene rings is 1. The SMILES string of the molecule is CC(C)NCc1noc(-c2sccc2Cl)n1. The maximum Gasteiger partial charge on any atom is 0.269 e. The molecule has 0 fully saturated rings. The van der Waals surface area contributed by atoms with Crippen molar-refractivity contribution in [3.63, 3.8) is 0 Å². The molecular formula is C10H12ClN3OS. The summed E-state index contributed by atoms with van der Waals surface area (Å²) in [6.07, 6.45) is 0. The van der Waals surface area contributed by atoms with Gasteiger partial charge in [-0.1, -0.05) is 30.6 Å². The smallest absolute Gasteiger partial charge is 0.269 e. The Hall–Kier alpha value is -0.910. The van der Waals surface area contributed by atoms with Crippen LogP contribution in [0.2, 0.25) is 5.02 Å². The molecule has 16 heavy (non-hydrogen) atoms. The van der Waals surface area contributed by atoms with Gasteiger partial charge in [0, 0.05) is 6.04 Å². The fourth-order valence-corrected chi connectivity index (χ4v) is 2.22. The summed E-state index contributed by atoms with van der Waals surface area (Å²) in [6.45, 7) is 4.73. The van der Waals surface area contributed by atoms with E-state index in [4.69, 9.17) is 16.1 Å². The second kappa shape index (κ2) is 4.95. The van der Waals surface area contributed by atoms with E-state index in [-0.39, 0.29) is 0 Å². The summed E-state index contributed by atoms with van der Waals surface area (Å²) in [4.78, 5) is 5.10. The predicted molar refractivity (Wildman–Crippen MR) is 64.6 cm³/mol. The third-order valence-electron chi connectivity index (χ3n) is 1.95. The lowest BCUT2D eigenvalue weighted by atomic mass is 10.4. The number of rotatable bonds is 4. The zero-order valence-electron chi connectivity index (χ0n) is 9.03. The molecule has 0 bridgehead atoms. The molecule has 0 amide bonds. The van der Waals surface area contributed by atoms with Crippen molar-refractivity contribution in [3.8, 4) is 10.8 Å². The summed E-state index contributed by atoms with van der Waals surface area (Å²) in [5.74, 6) is 1.13. The highest BCUT2D eigenvalue weighted by Crippen LogP contribution is 2.31. The van der Waals surface area contributed by atoms with Crippen LogP contribution in [0.3, 0.4) is 0 Å². The van der Waals surface area contributed by atoms with Gasteiger partial charge in [0.25, 0.3) is 5.89 Å². The van der Waals surface area contributed by atoms with E-state index in [1.54, 1.807) is 0 Å². The van der Waals surface area contributed by atoms with Gasteiger partial charge in [0.1, 0.15) is 4.88 Å². The molecule has 0 saturated heterocycles. The predicted octanol–water partition coefficient (Wildman–Crippen LogP) is 2.95. The number of aromatic nitrogens is 2. The Morgan fingerprint density at radius 1 is 1.56 bits per heavy atom. The van der Waals surface area contributed by atoms with Gasteiger partial charge in [-0.2, -0.15) is 4.98 Å². The highest BCUT2D eigenvalue weighted by Gasteiger charge is 2.13. The van der Waals surface area contributed by atoms with Crippen LogP contribution in [0.4, 0.5) is 0 Å². The maximum absolute atomic E-state index is 5.98. The summed E-state index contributed by atoms with van der Waals surface area (Å²) in [6, 6.07) is 2.21. The molecule has 0 spiro atoms. The fourth-order valence-electron chi connectivity index (χ4n) is 1.16. The molecule has 0 aromatic carbocycles. The zero-order valence-corrected chi connectivity index (χ0v) is 10.6. The van der Waals surface area contributed by atoms with E-state index in [1.807, 2.05) is 11.4 Å². The minimum atomic E-state index is 0.396. The van der Waals surface area contributed by atoms with E-state index in [0.717, 1.165) is 4.88 Å². The second-order valence-electron chi connectivity index (χ2n) is 3.65. The number of nitrogens with one attached hydrogen (secondary N) is 1. The van der Waals surface area contributed by atoms with Gasteiger partial charge in [0.05, 0.1) is 11.6 Å². The van der Waals surface area contributed by atoms with E-state index >= 15 is 0 Å². The Morgan fingerprint density at radius 3 is 3.00 bits per heavy atom. The molecule has 6 heteroatoms. The average Bonchev–Trinajstić information content (AvgIpc) is 2.83. The van der Waals surface area contributed by atoms with Crippen LogP contribution in [0.15, 0.2) is 16.0 Å². The molecule has 2 aromatic heterocycles. The summed E-state index contributed by atoms with van der Waals surface area (Å²) in [7, 11) is 0. The molecule has 0 radical (unpaired) electrons. The van der Waals surface area contributed by atoms with Crippen molar-refractivity contribution in [2.45, 2.75) is 26.4 Å². The number of halogens is 1. The Morgan fingerprint density at radius 2 is 2.38 bits per heavy atom. The van der Waals surface area contributed by atoms with Gasteiger partial charge in [-0.05, 0) is 11.4 Å². The molecule has 0 aliphatic rings. The molecule has 2 aromatic rings. The van der Waals surface area contributed by atoms with Crippen molar-refractivity contribution >= 4 is 22.9 Å². The van der Waals surface area contributed by atoms with E-state index in [2.05, 4.69) is 29.3 Å². The molecule has 0 unspecified atom stereocenters. The highest BCUT2D eigenvalue weighted by atomic mass is 35.5. The lowest BCUT2D eigenvalue weighted by Crippen LogP contribution is -2.22. The molecule has 0 aliphatic carbocycles. The van der Waals surface area contributed by atoms with Crippen LogP contribution >= 0.6 is 22.9 Å². The van der Waals surface area contributed by atoms with Crippen molar-refractivity contribution in [1.29, 1.82) is 0 Å². The van der Waals surface area contributed by atoms with E-state index < -0.39 is 0 Å². The molecule has 2 rings (SSSR count). The van der Waals surface area contributed by atoms with Gasteiger partial charge in [-0.15, -0.1) is 11.3 Å². The third kappa shape index (κ3) is 2.61. The van der Waals surface area contributed by atoms with Gasteiger partial charge in [-0.3, -0.25) is 0 Å². The Bertz CT molecular complexity index is 466. The van der Waals surface area contributed by atoms with Crippen LogP contribution in [0, 0.1) is 0 Å². The topological polar surface area (TPSA) is 51.0 Å². The first-order chi connectivity index (χ1) is 7.66. The van der Waals surface area contributed by atoms with E-state index in [9.17, 15) is 0 Å². The van der Waals surface area contributed by atoms with Gasteiger partial charge in [0.15, 0.2) is 5.82 Å². The number of hydrogen-bond acceptors (Lipinski definition) is 5. The largest absolute Gasteiger partial charge is 0.333 e. The summed E-state index contributed by atoms with van der Waals surface area (Å²) < 4.78 is 5.15. The molecular weight excluding hydrogens is 246 g/mol. The molecule has 4 nitrogen and oxygen atoms in total. The Balaban J connectivity index is 2.11. The summed E-state index contributed by atoms with van der Waals surface area (Å²) in [5, 5.41) is 9.65. The van der Waals surface area contributed by atoms with Crippen molar-refractivity contribution in [1.82, 2.24) is 15.5 Å². The van der Waals surface area contributed by atoms with Crippen LogP contribution in [-0.2, 0) is 6.54 Å². The van der Waals surface area contributed by atoms with E-state index in [0.29, 0.717) is 29.3 Å². The molecule has 0 saturated carbocycles. The van der Waals surface area contributed by atoms with Crippen LogP contribution < -0.4 is 5.32 Å². The highest BCUT2D eigenvalue weighted by molar-refractivity contribution is 7.14. The van der Waals surface area contributed by atoms with Crippen molar-refractivity contribution in [2.75, 3.05) is 0 Å². The maximum atomic E-state index is 5.98. The number of hydrogen-bond donors (Lipinski definition) is 1. The minimum absolute atomic E-state index is 0.396. The number of nitrogens with zero attached hydrogens (tertiary/aromatic N) is 2. The van der Waals surface area contributed by atoms with Gasteiger partial charge < -0.3 is 9.84 Å². The zero-order chi connectivity index (χ0) is 11.5. The van der Waals surface area contributed by atoms with Gasteiger partial charge >= 0.3 is 0 Å². The molecule has 0 aliphatic heterocycles. The van der Waals surface area contributed by atoms with Crippen LogP contribution in [-0.4, -0.2) is 16.2 Å². The normalized spacial score (nSPS) is 11.2. The first-order valence-electron chi connectivity index (χ1n) is 4.96. The lowest BCUT2D eigenvalue weighted by molar-refractivity contribution is 0.418. The minimum Gasteiger partial charge on any atom is -0.333 e. The fraction of sp³-hybridized carbons (Fsp3) is 0.400. The van der Waals surface area contributed by atoms with Gasteiger partial charge in [-0.25, -0.2) is 0 Å². The summed E-state index contributed by atoms with van der Waals surface area (Å²) in [5.41, 5.74) is 0. The monoisotopic (exact) mass is 257 g/mol. The Labute approximate surface area is 103 Å². The quantitative estimate of drug-likeness (QED) is 0.915. The standard InChI is InChI=1S/C10H12ClN3OS/c1-6(2)12-5-8-13-10(15-14-8)9-7(11)3-4-16-9/h3-4,6,12H,5H2,1-2H3. The van der Waals surface area contributed by atoms with Crippen LogP contribution in [0.25, 0.3) is 10.8 Å². The van der Waals surface area contributed by atoms with Crippen LogP contribution in [0.1, 0.15) is 19.7 Å². The van der Waals surface area contributed by atoms with E-state index in [1.165, 1.54) is 11.3 Å². The first-order valence-corrected chi connectivity index (χ1v) is 6.22. The second-order valence-corrected chi connectivity index (χ2v) is 4.97. The average molecular weight is 258 g/mol. The third-order valence-corrected chi connectivity index (χ3v) is 3.28. The van der Waals surface area contributed by atoms with Crippen LogP contribution in [0.5, 0.6) is 0 Å². The first kappa shape index (κ1) is 11.6. The lowest BCUT2D eigenvalue weighted by Gasteiger charge is -2.02. The van der Waals surface area contributed by atoms with Crippen molar-refractivity contribution in [3.05, 3.63) is 22.3 Å². The van der Waals surface area contributed by atoms with Gasteiger partial charge in [0.2, 0.25) is 0 Å². The Kier molecular flexibility index (Phi) is 3.58. The molecule has 2 heterocycles. The van der Waals surface area contributed by atoms with Crippen molar-refractivity contribution in [2.24, 2.45) is 0 Å². The molecule has 1 N–H and O–H groups in total. The van der Waals surface area contributed by atoms with Crippen molar-refractivity contribution < 1.29 is 4.52 Å².